The van der Waals surface area contributed by atoms with E-state index in [1.807, 2.05) is 12.1 Å². The highest BCUT2D eigenvalue weighted by molar-refractivity contribution is 7.89. The lowest BCUT2D eigenvalue weighted by Gasteiger charge is -2.27. The van der Waals surface area contributed by atoms with Crippen LogP contribution in [0.25, 0.3) is 0 Å². The molecule has 1 fully saturated rings. The second-order valence-electron chi connectivity index (χ2n) is 7.89. The summed E-state index contributed by atoms with van der Waals surface area (Å²) < 4.78 is 38.3. The summed E-state index contributed by atoms with van der Waals surface area (Å²) in [5.41, 5.74) is 3.09. The van der Waals surface area contributed by atoms with Crippen molar-refractivity contribution in [2.45, 2.75) is 36.6 Å². The first-order valence-corrected chi connectivity index (χ1v) is 12.0. The average molecular weight is 445 g/mol. The molecule has 0 aromatic heterocycles. The number of nitrogens with one attached hydrogen (secondary N) is 1. The SMILES string of the molecule is COc1ccc(CC(=O)N[C@@H]2CCCc3ccccc32)cc1S(=O)(=O)N1CCOCC1. The van der Waals surface area contributed by atoms with Crippen LogP contribution >= 0.6 is 0 Å². The van der Waals surface area contributed by atoms with Crippen molar-refractivity contribution in [3.05, 3.63) is 59.2 Å². The number of methoxy groups -OCH3 is 1. The molecule has 1 saturated heterocycles. The van der Waals surface area contributed by atoms with Gasteiger partial charge in [0.15, 0.2) is 0 Å². The van der Waals surface area contributed by atoms with E-state index in [1.54, 1.807) is 18.2 Å². The van der Waals surface area contributed by atoms with E-state index in [9.17, 15) is 13.2 Å². The molecular formula is C23H28N2O5S. The number of carbonyl (C=O) groups excluding carboxylic acids is 1. The van der Waals surface area contributed by atoms with E-state index in [0.29, 0.717) is 31.9 Å². The third-order valence-corrected chi connectivity index (χ3v) is 7.81. The topological polar surface area (TPSA) is 84.9 Å². The Bertz CT molecular complexity index is 1050. The second-order valence-corrected chi connectivity index (χ2v) is 9.80. The summed E-state index contributed by atoms with van der Waals surface area (Å²) in [5, 5.41) is 3.13. The molecular weight excluding hydrogens is 416 g/mol. The van der Waals surface area contributed by atoms with Gasteiger partial charge in [-0.2, -0.15) is 4.31 Å². The molecule has 1 aliphatic carbocycles. The minimum Gasteiger partial charge on any atom is -0.495 e. The van der Waals surface area contributed by atoms with Gasteiger partial charge in [0.1, 0.15) is 10.6 Å². The Hall–Kier alpha value is -2.42. The van der Waals surface area contributed by atoms with Crippen LogP contribution in [0.1, 0.15) is 35.6 Å². The van der Waals surface area contributed by atoms with E-state index < -0.39 is 10.0 Å². The third kappa shape index (κ3) is 4.76. The molecule has 0 bridgehead atoms. The van der Waals surface area contributed by atoms with Crippen LogP contribution < -0.4 is 10.1 Å². The third-order valence-electron chi connectivity index (χ3n) is 5.89. The number of sulfonamides is 1. The van der Waals surface area contributed by atoms with Crippen LogP contribution in [0.2, 0.25) is 0 Å². The Morgan fingerprint density at radius 1 is 1.19 bits per heavy atom. The number of ether oxygens (including phenoxy) is 2. The zero-order valence-corrected chi connectivity index (χ0v) is 18.5. The summed E-state index contributed by atoms with van der Waals surface area (Å²) in [5.74, 6) is 0.151. The highest BCUT2D eigenvalue weighted by Crippen LogP contribution is 2.31. The number of nitrogens with zero attached hydrogens (tertiary/aromatic N) is 1. The highest BCUT2D eigenvalue weighted by atomic mass is 32.2. The van der Waals surface area contributed by atoms with Crippen LogP contribution in [0.4, 0.5) is 0 Å². The van der Waals surface area contributed by atoms with Gasteiger partial charge in [0, 0.05) is 13.1 Å². The standard InChI is InChI=1S/C23H28N2O5S/c1-29-21-10-9-17(15-22(21)31(27,28)25-11-13-30-14-12-25)16-23(26)24-20-8-4-6-18-5-2-3-7-19(18)20/h2-3,5,7,9-10,15,20H,4,6,8,11-14,16H2,1H3,(H,24,26)/t20-/m1/s1. The van der Waals surface area contributed by atoms with Crippen molar-refractivity contribution in [1.29, 1.82) is 0 Å². The molecule has 1 heterocycles. The predicted octanol–water partition coefficient (Wildman–Crippen LogP) is 2.45. The molecule has 0 unspecified atom stereocenters. The number of morpholine rings is 1. The molecule has 0 radical (unpaired) electrons. The van der Waals surface area contributed by atoms with Crippen LogP contribution in [-0.4, -0.2) is 52.0 Å². The first-order valence-electron chi connectivity index (χ1n) is 10.6. The fraction of sp³-hybridized carbons (Fsp3) is 0.435. The van der Waals surface area contributed by atoms with Gasteiger partial charge in [-0.05, 0) is 48.1 Å². The van der Waals surface area contributed by atoms with Crippen molar-refractivity contribution >= 4 is 15.9 Å². The Morgan fingerprint density at radius 3 is 2.74 bits per heavy atom. The quantitative estimate of drug-likeness (QED) is 0.740. The first-order chi connectivity index (χ1) is 15.0. The lowest BCUT2D eigenvalue weighted by atomic mass is 9.87. The summed E-state index contributed by atoms with van der Waals surface area (Å²) in [6, 6.07) is 13.1. The number of carbonyl (C=O) groups is 1. The van der Waals surface area contributed by atoms with Gasteiger partial charge in [-0.25, -0.2) is 8.42 Å². The Morgan fingerprint density at radius 2 is 1.97 bits per heavy atom. The van der Waals surface area contributed by atoms with Crippen LogP contribution in [0.3, 0.4) is 0 Å². The molecule has 7 nitrogen and oxygen atoms in total. The minimum absolute atomic E-state index is 0.00717. The number of benzene rings is 2. The number of hydrogen-bond acceptors (Lipinski definition) is 5. The number of amides is 1. The van der Waals surface area contributed by atoms with Crippen LogP contribution in [0, 0.1) is 0 Å². The van der Waals surface area contributed by atoms with Gasteiger partial charge in [0.2, 0.25) is 15.9 Å². The fourth-order valence-corrected chi connectivity index (χ4v) is 5.91. The normalized spacial score (nSPS) is 19.5. The summed E-state index contributed by atoms with van der Waals surface area (Å²) in [7, 11) is -2.29. The lowest BCUT2D eigenvalue weighted by molar-refractivity contribution is -0.121. The Balaban J connectivity index is 1.52. The smallest absolute Gasteiger partial charge is 0.246 e. The molecule has 0 saturated carbocycles. The summed E-state index contributed by atoms with van der Waals surface area (Å²) >= 11 is 0. The first kappa shape index (κ1) is 21.8. The van der Waals surface area contributed by atoms with Crippen molar-refractivity contribution in [1.82, 2.24) is 9.62 Å². The zero-order valence-electron chi connectivity index (χ0n) is 17.7. The van der Waals surface area contributed by atoms with Gasteiger partial charge in [0.25, 0.3) is 0 Å². The highest BCUT2D eigenvalue weighted by Gasteiger charge is 2.30. The Labute approximate surface area is 183 Å². The maximum absolute atomic E-state index is 13.1. The van der Waals surface area contributed by atoms with Crippen molar-refractivity contribution in [3.8, 4) is 5.75 Å². The lowest BCUT2D eigenvalue weighted by Crippen LogP contribution is -2.40. The van der Waals surface area contributed by atoms with E-state index in [2.05, 4.69) is 17.4 Å². The molecule has 1 amide bonds. The van der Waals surface area contributed by atoms with E-state index in [0.717, 1.165) is 19.3 Å². The zero-order chi connectivity index (χ0) is 21.8. The van der Waals surface area contributed by atoms with Gasteiger partial charge in [-0.3, -0.25) is 4.79 Å². The number of rotatable bonds is 6. The molecule has 1 atom stereocenters. The van der Waals surface area contributed by atoms with Crippen molar-refractivity contribution in [2.24, 2.45) is 0 Å². The summed E-state index contributed by atoms with van der Waals surface area (Å²) in [6.07, 6.45) is 3.08. The van der Waals surface area contributed by atoms with Crippen molar-refractivity contribution < 1.29 is 22.7 Å². The molecule has 8 heteroatoms. The van der Waals surface area contributed by atoms with Gasteiger partial charge >= 0.3 is 0 Å². The maximum Gasteiger partial charge on any atom is 0.246 e. The molecule has 2 aromatic rings. The van der Waals surface area contributed by atoms with Gasteiger partial charge in [0.05, 0.1) is 32.8 Å². The monoisotopic (exact) mass is 444 g/mol. The summed E-state index contributed by atoms with van der Waals surface area (Å²) in [4.78, 5) is 12.9. The molecule has 0 spiro atoms. The molecule has 1 N–H and O–H groups in total. The maximum atomic E-state index is 13.1. The second kappa shape index (κ2) is 9.38. The van der Waals surface area contributed by atoms with E-state index >= 15 is 0 Å². The fourth-order valence-electron chi connectivity index (χ4n) is 4.29. The summed E-state index contributed by atoms with van der Waals surface area (Å²) in [6.45, 7) is 1.34. The molecule has 31 heavy (non-hydrogen) atoms. The minimum atomic E-state index is -3.73. The van der Waals surface area contributed by atoms with Crippen molar-refractivity contribution in [2.75, 3.05) is 33.4 Å². The van der Waals surface area contributed by atoms with E-state index in [4.69, 9.17) is 9.47 Å². The number of aryl methyl sites for hydroxylation is 1. The largest absolute Gasteiger partial charge is 0.495 e. The van der Waals surface area contributed by atoms with Crippen LogP contribution in [-0.2, 0) is 32.4 Å². The van der Waals surface area contributed by atoms with Gasteiger partial charge in [-0.15, -0.1) is 0 Å². The average Bonchev–Trinajstić information content (AvgIpc) is 2.80. The van der Waals surface area contributed by atoms with Crippen LogP contribution in [0.5, 0.6) is 5.75 Å². The van der Waals surface area contributed by atoms with Gasteiger partial charge in [-0.1, -0.05) is 30.3 Å². The van der Waals surface area contributed by atoms with E-state index in [1.165, 1.54) is 22.5 Å². The van der Waals surface area contributed by atoms with Gasteiger partial charge < -0.3 is 14.8 Å². The van der Waals surface area contributed by atoms with Crippen LogP contribution in [0.15, 0.2) is 47.4 Å². The number of hydrogen-bond donors (Lipinski definition) is 1. The number of fused-ring (bicyclic) bond motifs is 1. The Kier molecular flexibility index (Phi) is 6.60. The van der Waals surface area contributed by atoms with Crippen molar-refractivity contribution in [3.63, 3.8) is 0 Å². The molecule has 4 rings (SSSR count). The molecule has 2 aliphatic rings. The molecule has 166 valence electrons. The van der Waals surface area contributed by atoms with E-state index in [-0.39, 0.29) is 29.0 Å². The molecule has 2 aromatic carbocycles. The predicted molar refractivity (Wildman–Crippen MR) is 117 cm³/mol. The molecule has 1 aliphatic heterocycles.